The van der Waals surface area contributed by atoms with Crippen LogP contribution in [0.5, 0.6) is 0 Å². The van der Waals surface area contributed by atoms with Gasteiger partial charge in [0.05, 0.1) is 11.9 Å². The second-order valence-corrected chi connectivity index (χ2v) is 2.10. The lowest BCUT2D eigenvalue weighted by molar-refractivity contribution is 0.703. The molecule has 1 unspecified atom stereocenters. The summed E-state index contributed by atoms with van der Waals surface area (Å²) in [5, 5.41) is 3.38. The quantitative estimate of drug-likeness (QED) is 0.425. The Balaban J connectivity index is 2.32. The van der Waals surface area contributed by atoms with E-state index >= 15 is 0 Å². The summed E-state index contributed by atoms with van der Waals surface area (Å²) in [5.74, 6) is 0. The highest BCUT2D eigenvalue weighted by atomic mass is 32.1. The number of hydrogen-bond acceptors (Lipinski definition) is 3. The van der Waals surface area contributed by atoms with Crippen LogP contribution in [-0.2, 0) is 0 Å². The molecule has 0 spiro atoms. The first-order valence-corrected chi connectivity index (χ1v) is 2.81. The second kappa shape index (κ2) is 2.33. The fourth-order valence-electron chi connectivity index (χ4n) is 0.492. The molecule has 0 bridgehead atoms. The van der Waals surface area contributed by atoms with Crippen LogP contribution < -0.4 is 5.32 Å². The third-order valence-electron chi connectivity index (χ3n) is 0.852. The number of thiol groups is 1. The van der Waals surface area contributed by atoms with Gasteiger partial charge in [0.1, 0.15) is 0 Å². The maximum atomic E-state index is 4.14. The molecular weight excluding hydrogens is 108 g/mol. The first-order chi connectivity index (χ1) is 3.39. The maximum absolute atomic E-state index is 4.14. The van der Waals surface area contributed by atoms with Crippen LogP contribution in [0, 0.1) is 0 Å². The molecule has 2 nitrogen and oxygen atoms in total. The number of nitrogens with zero attached hydrogens (tertiary/aromatic N) is 1. The molecular formula is C4H8N2S. The van der Waals surface area contributed by atoms with Gasteiger partial charge in [-0.05, 0) is 0 Å². The summed E-state index contributed by atoms with van der Waals surface area (Å²) in [6.45, 7) is 1.68. The third-order valence-corrected chi connectivity index (χ3v) is 1.20. The minimum atomic E-state index is 0.282. The Morgan fingerprint density at radius 2 is 2.71 bits per heavy atom. The summed E-state index contributed by atoms with van der Waals surface area (Å²) in [7, 11) is 0. The van der Waals surface area contributed by atoms with E-state index in [4.69, 9.17) is 0 Å². The molecule has 7 heavy (non-hydrogen) atoms. The monoisotopic (exact) mass is 116 g/mol. The minimum absolute atomic E-state index is 0.282. The van der Waals surface area contributed by atoms with Gasteiger partial charge < -0.3 is 0 Å². The van der Waals surface area contributed by atoms with Gasteiger partial charge in [-0.25, -0.2) is 0 Å². The standard InChI is InChI=1S/C4H8N2S/c7-4-3-5-1-2-6-4/h1,4,6-7H,2-3H2. The van der Waals surface area contributed by atoms with Gasteiger partial charge in [-0.3, -0.25) is 10.3 Å². The van der Waals surface area contributed by atoms with Crippen molar-refractivity contribution in [1.29, 1.82) is 0 Å². The smallest absolute Gasteiger partial charge is 0.0703 e. The molecule has 0 saturated heterocycles. The van der Waals surface area contributed by atoms with Gasteiger partial charge >= 0.3 is 0 Å². The molecule has 0 radical (unpaired) electrons. The van der Waals surface area contributed by atoms with E-state index in [2.05, 4.69) is 22.9 Å². The topological polar surface area (TPSA) is 24.4 Å². The highest BCUT2D eigenvalue weighted by molar-refractivity contribution is 7.80. The van der Waals surface area contributed by atoms with Crippen molar-refractivity contribution >= 4 is 18.8 Å². The largest absolute Gasteiger partial charge is 0.299 e. The minimum Gasteiger partial charge on any atom is -0.299 e. The number of nitrogens with one attached hydrogen (secondary N) is 1. The highest BCUT2D eigenvalue weighted by Gasteiger charge is 2.00. The molecule has 0 amide bonds. The summed E-state index contributed by atoms with van der Waals surface area (Å²) in [4.78, 5) is 3.99. The third kappa shape index (κ3) is 1.49. The molecule has 1 rings (SSSR count). The van der Waals surface area contributed by atoms with Gasteiger partial charge in [0, 0.05) is 12.8 Å². The van der Waals surface area contributed by atoms with Crippen LogP contribution in [0.2, 0.25) is 0 Å². The average molecular weight is 116 g/mol. The van der Waals surface area contributed by atoms with Crippen molar-refractivity contribution in [3.63, 3.8) is 0 Å². The zero-order valence-electron chi connectivity index (χ0n) is 3.96. The van der Waals surface area contributed by atoms with E-state index < -0.39 is 0 Å². The van der Waals surface area contributed by atoms with Crippen molar-refractivity contribution in [1.82, 2.24) is 5.32 Å². The molecule has 1 atom stereocenters. The van der Waals surface area contributed by atoms with Gasteiger partial charge in [-0.15, -0.1) is 0 Å². The zero-order valence-corrected chi connectivity index (χ0v) is 4.86. The fraction of sp³-hybridized carbons (Fsp3) is 0.750. The maximum Gasteiger partial charge on any atom is 0.0703 e. The van der Waals surface area contributed by atoms with E-state index in [0.29, 0.717) is 0 Å². The van der Waals surface area contributed by atoms with Gasteiger partial charge in [-0.2, -0.15) is 12.6 Å². The summed E-state index contributed by atoms with van der Waals surface area (Å²) < 4.78 is 0. The first kappa shape index (κ1) is 5.12. The van der Waals surface area contributed by atoms with Crippen LogP contribution >= 0.6 is 12.6 Å². The average Bonchev–Trinajstić information content (AvgIpc) is 1.69. The van der Waals surface area contributed by atoms with Gasteiger partial charge in [0.25, 0.3) is 0 Å². The summed E-state index contributed by atoms with van der Waals surface area (Å²) in [6.07, 6.45) is 1.87. The number of hydrogen-bond donors (Lipinski definition) is 2. The first-order valence-electron chi connectivity index (χ1n) is 2.29. The Morgan fingerprint density at radius 1 is 1.86 bits per heavy atom. The van der Waals surface area contributed by atoms with Crippen molar-refractivity contribution in [3.05, 3.63) is 0 Å². The van der Waals surface area contributed by atoms with Crippen molar-refractivity contribution < 1.29 is 0 Å². The molecule has 0 aromatic heterocycles. The lowest BCUT2D eigenvalue weighted by atomic mass is 10.5. The van der Waals surface area contributed by atoms with Crippen LogP contribution in [-0.4, -0.2) is 24.7 Å². The van der Waals surface area contributed by atoms with Gasteiger partial charge in [0.2, 0.25) is 0 Å². The van der Waals surface area contributed by atoms with Crippen LogP contribution in [0.1, 0.15) is 0 Å². The van der Waals surface area contributed by atoms with Crippen molar-refractivity contribution in [2.75, 3.05) is 13.1 Å². The molecule has 0 fully saturated rings. The molecule has 0 aromatic rings. The lowest BCUT2D eigenvalue weighted by Crippen LogP contribution is -2.31. The van der Waals surface area contributed by atoms with E-state index in [9.17, 15) is 0 Å². The van der Waals surface area contributed by atoms with Crippen LogP contribution in [0.15, 0.2) is 4.99 Å². The lowest BCUT2D eigenvalue weighted by Gasteiger charge is -2.11. The van der Waals surface area contributed by atoms with Gasteiger partial charge in [-0.1, -0.05) is 0 Å². The molecule has 0 aliphatic carbocycles. The molecule has 0 aromatic carbocycles. The zero-order chi connectivity index (χ0) is 5.11. The van der Waals surface area contributed by atoms with Crippen LogP contribution in [0.4, 0.5) is 0 Å². The molecule has 3 heteroatoms. The van der Waals surface area contributed by atoms with E-state index in [0.717, 1.165) is 13.1 Å². The Morgan fingerprint density at radius 3 is 3.00 bits per heavy atom. The molecule has 0 saturated carbocycles. The fourth-order valence-corrected chi connectivity index (χ4v) is 0.692. The summed E-state index contributed by atoms with van der Waals surface area (Å²) in [5.41, 5.74) is 0. The molecule has 1 aliphatic rings. The van der Waals surface area contributed by atoms with E-state index in [1.165, 1.54) is 0 Å². The van der Waals surface area contributed by atoms with Gasteiger partial charge in [0.15, 0.2) is 0 Å². The van der Waals surface area contributed by atoms with E-state index in [1.807, 2.05) is 6.21 Å². The highest BCUT2D eigenvalue weighted by Crippen LogP contribution is 1.91. The van der Waals surface area contributed by atoms with E-state index in [-0.39, 0.29) is 5.37 Å². The molecule has 1 N–H and O–H groups in total. The predicted octanol–water partition coefficient (Wildman–Crippen LogP) is -0.0837. The number of aliphatic imine (C=N–C) groups is 1. The Labute approximate surface area is 48.4 Å². The van der Waals surface area contributed by atoms with Crippen molar-refractivity contribution in [2.24, 2.45) is 4.99 Å². The Hall–Kier alpha value is -0.0200. The van der Waals surface area contributed by atoms with Crippen LogP contribution in [0.3, 0.4) is 0 Å². The molecule has 1 heterocycles. The van der Waals surface area contributed by atoms with Crippen LogP contribution in [0.25, 0.3) is 0 Å². The SMILES string of the molecule is SC1CN=CCN1. The Kier molecular flexibility index (Phi) is 1.70. The predicted molar refractivity (Wildman–Crippen MR) is 34.1 cm³/mol. The van der Waals surface area contributed by atoms with Crippen molar-refractivity contribution in [2.45, 2.75) is 5.37 Å². The summed E-state index contributed by atoms with van der Waals surface area (Å²) >= 11 is 4.14. The normalized spacial score (nSPS) is 30.7. The molecule has 40 valence electrons. The molecule has 1 aliphatic heterocycles. The van der Waals surface area contributed by atoms with E-state index in [1.54, 1.807) is 0 Å². The second-order valence-electron chi connectivity index (χ2n) is 1.47. The summed E-state index contributed by atoms with van der Waals surface area (Å²) in [6, 6.07) is 0. The number of rotatable bonds is 0. The van der Waals surface area contributed by atoms with Crippen molar-refractivity contribution in [3.8, 4) is 0 Å². The Bertz CT molecular complexity index is 81.8.